The second-order valence-electron chi connectivity index (χ2n) is 7.13. The van der Waals surface area contributed by atoms with Gasteiger partial charge in [-0.15, -0.1) is 0 Å². The van der Waals surface area contributed by atoms with Gasteiger partial charge >= 0.3 is 0 Å². The molecule has 0 saturated carbocycles. The minimum atomic E-state index is -0.192. The largest absolute Gasteiger partial charge is 0.353 e. The number of benzene rings is 1. The number of likely N-dealkylation sites (tertiary alicyclic amines) is 1. The van der Waals surface area contributed by atoms with Crippen molar-refractivity contribution in [1.29, 1.82) is 0 Å². The monoisotopic (exact) mass is 345 g/mol. The van der Waals surface area contributed by atoms with Gasteiger partial charge in [0.05, 0.1) is 5.92 Å². The van der Waals surface area contributed by atoms with Gasteiger partial charge < -0.3 is 16.0 Å². The molecule has 25 heavy (non-hydrogen) atoms. The van der Waals surface area contributed by atoms with Crippen molar-refractivity contribution in [2.45, 2.75) is 58.0 Å². The zero-order valence-electron chi connectivity index (χ0n) is 15.6. The maximum atomic E-state index is 12.9. The summed E-state index contributed by atoms with van der Waals surface area (Å²) in [5.41, 5.74) is 6.87. The van der Waals surface area contributed by atoms with E-state index >= 15 is 0 Å². The first-order valence-corrected chi connectivity index (χ1v) is 9.33. The fraction of sp³-hybridized carbons (Fsp3) is 0.600. The van der Waals surface area contributed by atoms with E-state index in [1.165, 1.54) is 0 Å². The zero-order valence-corrected chi connectivity index (χ0v) is 15.6. The Hall–Kier alpha value is -1.88. The van der Waals surface area contributed by atoms with Gasteiger partial charge in [-0.1, -0.05) is 44.2 Å². The van der Waals surface area contributed by atoms with Crippen LogP contribution in [0.3, 0.4) is 0 Å². The molecule has 1 aromatic carbocycles. The van der Waals surface area contributed by atoms with Crippen LogP contribution in [0, 0.1) is 5.92 Å². The molecule has 0 radical (unpaired) electrons. The highest BCUT2D eigenvalue weighted by molar-refractivity contribution is 5.84. The van der Waals surface area contributed by atoms with Gasteiger partial charge in [-0.3, -0.25) is 9.59 Å². The normalized spacial score (nSPS) is 19.1. The molecule has 0 spiro atoms. The molecule has 0 aliphatic carbocycles. The van der Waals surface area contributed by atoms with Crippen molar-refractivity contribution in [2.24, 2.45) is 11.7 Å². The Kier molecular flexibility index (Phi) is 7.00. The molecule has 2 rings (SSSR count). The van der Waals surface area contributed by atoms with Crippen LogP contribution in [0.25, 0.3) is 0 Å². The van der Waals surface area contributed by atoms with E-state index in [-0.39, 0.29) is 35.7 Å². The standard InChI is InChI=1S/C20H31N3O2/c1-4-18(16-8-6-5-7-9-16)20(25)23-12-10-17(11-13-23)22-19(24)14(2)15(3)21/h5-9,14-15,17-18H,4,10-13,21H2,1-3H3,(H,22,24). The van der Waals surface area contributed by atoms with E-state index in [1.54, 1.807) is 0 Å². The molecular formula is C20H31N3O2. The van der Waals surface area contributed by atoms with E-state index in [1.807, 2.05) is 49.1 Å². The summed E-state index contributed by atoms with van der Waals surface area (Å²) in [7, 11) is 0. The van der Waals surface area contributed by atoms with Crippen molar-refractivity contribution < 1.29 is 9.59 Å². The van der Waals surface area contributed by atoms with Crippen LogP contribution < -0.4 is 11.1 Å². The number of carbonyl (C=O) groups is 2. The Morgan fingerprint density at radius 1 is 1.20 bits per heavy atom. The number of piperidine rings is 1. The molecule has 138 valence electrons. The van der Waals surface area contributed by atoms with E-state index in [4.69, 9.17) is 5.73 Å². The van der Waals surface area contributed by atoms with Gasteiger partial charge in [0.15, 0.2) is 0 Å². The van der Waals surface area contributed by atoms with Crippen LogP contribution in [0.2, 0.25) is 0 Å². The fourth-order valence-corrected chi connectivity index (χ4v) is 3.27. The van der Waals surface area contributed by atoms with Crippen molar-refractivity contribution >= 4 is 11.8 Å². The second kappa shape index (κ2) is 8.99. The minimum absolute atomic E-state index is 0.00972. The summed E-state index contributed by atoms with van der Waals surface area (Å²) in [6, 6.07) is 9.95. The Labute approximate surface area is 151 Å². The minimum Gasteiger partial charge on any atom is -0.353 e. The molecule has 1 heterocycles. The van der Waals surface area contributed by atoms with Crippen LogP contribution >= 0.6 is 0 Å². The lowest BCUT2D eigenvalue weighted by molar-refractivity contribution is -0.134. The maximum Gasteiger partial charge on any atom is 0.230 e. The topological polar surface area (TPSA) is 75.4 Å². The molecule has 2 amide bonds. The van der Waals surface area contributed by atoms with E-state index in [0.717, 1.165) is 24.8 Å². The van der Waals surface area contributed by atoms with Gasteiger partial charge in [-0.2, -0.15) is 0 Å². The number of hydrogen-bond donors (Lipinski definition) is 2. The molecule has 0 aromatic heterocycles. The van der Waals surface area contributed by atoms with E-state index in [2.05, 4.69) is 12.2 Å². The summed E-state index contributed by atoms with van der Waals surface area (Å²) in [6.07, 6.45) is 2.40. The molecule has 1 saturated heterocycles. The van der Waals surface area contributed by atoms with Crippen molar-refractivity contribution in [2.75, 3.05) is 13.1 Å². The fourth-order valence-electron chi connectivity index (χ4n) is 3.27. The summed E-state index contributed by atoms with van der Waals surface area (Å²) in [4.78, 5) is 27.0. The van der Waals surface area contributed by atoms with Crippen LogP contribution in [0.15, 0.2) is 30.3 Å². The summed E-state index contributed by atoms with van der Waals surface area (Å²) in [5, 5.41) is 3.08. The molecule has 1 aromatic rings. The number of nitrogens with two attached hydrogens (primary N) is 1. The Bertz CT molecular complexity index is 566. The lowest BCUT2D eigenvalue weighted by Gasteiger charge is -2.35. The van der Waals surface area contributed by atoms with Crippen molar-refractivity contribution in [1.82, 2.24) is 10.2 Å². The van der Waals surface area contributed by atoms with Crippen LogP contribution in [0.4, 0.5) is 0 Å². The van der Waals surface area contributed by atoms with Gasteiger partial charge in [0.25, 0.3) is 0 Å². The number of hydrogen-bond acceptors (Lipinski definition) is 3. The van der Waals surface area contributed by atoms with Crippen molar-refractivity contribution in [3.05, 3.63) is 35.9 Å². The number of nitrogens with zero attached hydrogens (tertiary/aromatic N) is 1. The van der Waals surface area contributed by atoms with Gasteiger partial charge in [-0.25, -0.2) is 0 Å². The highest BCUT2D eigenvalue weighted by atomic mass is 16.2. The van der Waals surface area contributed by atoms with Gasteiger partial charge in [0, 0.05) is 31.1 Å². The van der Waals surface area contributed by atoms with E-state index < -0.39 is 0 Å². The molecule has 3 unspecified atom stereocenters. The van der Waals surface area contributed by atoms with Crippen LogP contribution in [-0.4, -0.2) is 41.9 Å². The average molecular weight is 345 g/mol. The number of amides is 2. The lowest BCUT2D eigenvalue weighted by atomic mass is 9.93. The predicted molar refractivity (Wildman–Crippen MR) is 100 cm³/mol. The number of rotatable bonds is 6. The number of nitrogens with one attached hydrogen (secondary N) is 1. The van der Waals surface area contributed by atoms with Crippen LogP contribution in [0.1, 0.15) is 51.5 Å². The third-order valence-corrected chi connectivity index (χ3v) is 5.26. The smallest absolute Gasteiger partial charge is 0.230 e. The molecule has 1 aliphatic heterocycles. The van der Waals surface area contributed by atoms with Gasteiger partial charge in [-0.05, 0) is 31.7 Å². The van der Waals surface area contributed by atoms with Gasteiger partial charge in [0.2, 0.25) is 11.8 Å². The summed E-state index contributed by atoms with van der Waals surface area (Å²) in [6.45, 7) is 7.14. The second-order valence-corrected chi connectivity index (χ2v) is 7.13. The summed E-state index contributed by atoms with van der Waals surface area (Å²) >= 11 is 0. The Morgan fingerprint density at radius 2 is 1.80 bits per heavy atom. The first-order valence-electron chi connectivity index (χ1n) is 9.33. The van der Waals surface area contributed by atoms with Crippen LogP contribution in [-0.2, 0) is 9.59 Å². The average Bonchev–Trinajstić information content (AvgIpc) is 2.63. The van der Waals surface area contributed by atoms with E-state index in [0.29, 0.717) is 13.1 Å². The SMILES string of the molecule is CCC(C(=O)N1CCC(NC(=O)C(C)C(C)N)CC1)c1ccccc1. The van der Waals surface area contributed by atoms with Gasteiger partial charge in [0.1, 0.15) is 0 Å². The van der Waals surface area contributed by atoms with Crippen molar-refractivity contribution in [3.8, 4) is 0 Å². The highest BCUT2D eigenvalue weighted by Gasteiger charge is 2.29. The zero-order chi connectivity index (χ0) is 18.4. The molecular weight excluding hydrogens is 314 g/mol. The maximum absolute atomic E-state index is 12.9. The Balaban J connectivity index is 1.89. The molecule has 5 nitrogen and oxygen atoms in total. The third kappa shape index (κ3) is 5.05. The molecule has 1 aliphatic rings. The first kappa shape index (κ1) is 19.4. The van der Waals surface area contributed by atoms with Crippen LogP contribution in [0.5, 0.6) is 0 Å². The number of carbonyl (C=O) groups excluding carboxylic acids is 2. The highest BCUT2D eigenvalue weighted by Crippen LogP contribution is 2.24. The molecule has 1 fully saturated rings. The van der Waals surface area contributed by atoms with E-state index in [9.17, 15) is 9.59 Å². The molecule has 3 atom stereocenters. The lowest BCUT2D eigenvalue weighted by Crippen LogP contribution is -2.50. The quantitative estimate of drug-likeness (QED) is 0.830. The predicted octanol–water partition coefficient (Wildman–Crippen LogP) is 2.27. The third-order valence-electron chi connectivity index (χ3n) is 5.26. The molecule has 3 N–H and O–H groups in total. The van der Waals surface area contributed by atoms with Crippen molar-refractivity contribution in [3.63, 3.8) is 0 Å². The molecule has 5 heteroatoms. The Morgan fingerprint density at radius 3 is 2.32 bits per heavy atom. The molecule has 0 bridgehead atoms. The summed E-state index contributed by atoms with van der Waals surface area (Å²) < 4.78 is 0. The summed E-state index contributed by atoms with van der Waals surface area (Å²) in [5.74, 6) is -0.0643. The first-order chi connectivity index (χ1) is 11.9.